The van der Waals surface area contributed by atoms with Crippen LogP contribution in [-0.2, 0) is 16.0 Å². The second-order valence-corrected chi connectivity index (χ2v) is 6.19. The number of primary amides is 1. The van der Waals surface area contributed by atoms with Gasteiger partial charge >= 0.3 is 5.97 Å². The van der Waals surface area contributed by atoms with Crippen molar-refractivity contribution in [1.29, 1.82) is 0 Å². The van der Waals surface area contributed by atoms with Gasteiger partial charge in [0, 0.05) is 23.0 Å². The minimum atomic E-state index is -0.546. The highest BCUT2D eigenvalue weighted by molar-refractivity contribution is 6.02. The number of aromatic nitrogens is 1. The summed E-state index contributed by atoms with van der Waals surface area (Å²) in [6, 6.07) is 5.98. The van der Waals surface area contributed by atoms with E-state index in [1.54, 1.807) is 12.1 Å². The van der Waals surface area contributed by atoms with Crippen molar-refractivity contribution in [2.45, 2.75) is 39.7 Å². The first-order chi connectivity index (χ1) is 11.8. The van der Waals surface area contributed by atoms with Crippen molar-refractivity contribution in [3.8, 4) is 11.1 Å². The van der Waals surface area contributed by atoms with Gasteiger partial charge in [0.1, 0.15) is 5.82 Å². The molecule has 0 spiro atoms. The molecule has 2 aromatic rings. The molecule has 25 heavy (non-hydrogen) atoms. The molecular formula is C19H23FN2O3. The smallest absolute Gasteiger partial charge is 0.305 e. The highest BCUT2D eigenvalue weighted by Gasteiger charge is 2.26. The van der Waals surface area contributed by atoms with Crippen LogP contribution in [0.2, 0.25) is 0 Å². The third-order valence-electron chi connectivity index (χ3n) is 4.24. The summed E-state index contributed by atoms with van der Waals surface area (Å²) in [5.74, 6) is -1.24. The molecule has 1 aromatic carbocycles. The maximum Gasteiger partial charge on any atom is 0.305 e. The van der Waals surface area contributed by atoms with E-state index < -0.39 is 5.91 Å². The van der Waals surface area contributed by atoms with Crippen molar-refractivity contribution >= 4 is 11.9 Å². The number of methoxy groups -OCH3 is 1. The lowest BCUT2D eigenvalue weighted by Crippen LogP contribution is -2.14. The third-order valence-corrected chi connectivity index (χ3v) is 4.24. The van der Waals surface area contributed by atoms with Crippen molar-refractivity contribution in [2.75, 3.05) is 7.11 Å². The zero-order chi connectivity index (χ0) is 18.7. The lowest BCUT2D eigenvalue weighted by molar-refractivity contribution is -0.140. The number of esters is 1. The predicted octanol–water partition coefficient (Wildman–Crippen LogP) is 3.39. The lowest BCUT2D eigenvalue weighted by Gasteiger charge is -2.16. The first-order valence-corrected chi connectivity index (χ1v) is 8.14. The van der Waals surface area contributed by atoms with Crippen LogP contribution in [-0.4, -0.2) is 23.6 Å². The van der Waals surface area contributed by atoms with Crippen LogP contribution in [0.4, 0.5) is 4.39 Å². The molecule has 2 rings (SSSR count). The second-order valence-electron chi connectivity index (χ2n) is 6.19. The second kappa shape index (κ2) is 7.51. The van der Waals surface area contributed by atoms with Crippen molar-refractivity contribution < 1.29 is 18.7 Å². The van der Waals surface area contributed by atoms with E-state index in [0.29, 0.717) is 23.1 Å². The maximum absolute atomic E-state index is 13.3. The quantitative estimate of drug-likeness (QED) is 0.815. The number of nitrogens with two attached hydrogens (primary N) is 1. The number of rotatable bonds is 6. The van der Waals surface area contributed by atoms with Gasteiger partial charge < -0.3 is 15.0 Å². The van der Waals surface area contributed by atoms with E-state index in [1.807, 2.05) is 25.3 Å². The van der Waals surface area contributed by atoms with Gasteiger partial charge in [0.05, 0.1) is 19.1 Å². The van der Waals surface area contributed by atoms with Gasteiger partial charge in [-0.1, -0.05) is 12.1 Å². The normalized spacial score (nSPS) is 11.0. The minimum Gasteiger partial charge on any atom is -0.469 e. The largest absolute Gasteiger partial charge is 0.469 e. The predicted molar refractivity (Wildman–Crippen MR) is 93.8 cm³/mol. The fourth-order valence-corrected chi connectivity index (χ4v) is 3.26. The topological polar surface area (TPSA) is 74.3 Å². The summed E-state index contributed by atoms with van der Waals surface area (Å²) in [6.07, 6.45) is 0.574. The number of nitrogens with zero attached hydrogens (tertiary/aromatic N) is 1. The Kier molecular flexibility index (Phi) is 5.62. The molecule has 0 aliphatic carbocycles. The van der Waals surface area contributed by atoms with E-state index in [0.717, 1.165) is 11.4 Å². The van der Waals surface area contributed by atoms with Crippen molar-refractivity contribution in [3.63, 3.8) is 0 Å². The monoisotopic (exact) mass is 346 g/mol. The first-order valence-electron chi connectivity index (χ1n) is 8.14. The fraction of sp³-hybridized carbons (Fsp3) is 0.368. The number of ether oxygens (including phenoxy) is 1. The van der Waals surface area contributed by atoms with Crippen molar-refractivity contribution in [3.05, 3.63) is 47.0 Å². The number of hydrogen-bond acceptors (Lipinski definition) is 3. The molecule has 0 fully saturated rings. The molecular weight excluding hydrogens is 323 g/mol. The van der Waals surface area contributed by atoms with E-state index in [2.05, 4.69) is 0 Å². The van der Waals surface area contributed by atoms with E-state index in [9.17, 15) is 14.0 Å². The molecule has 0 aliphatic rings. The molecule has 5 nitrogen and oxygen atoms in total. The zero-order valence-electron chi connectivity index (χ0n) is 14.9. The Morgan fingerprint density at radius 3 is 2.32 bits per heavy atom. The molecule has 0 atom stereocenters. The molecule has 2 N–H and O–H groups in total. The van der Waals surface area contributed by atoms with Crippen LogP contribution in [0.1, 0.15) is 48.1 Å². The van der Waals surface area contributed by atoms with Crippen LogP contribution in [0.15, 0.2) is 24.3 Å². The van der Waals surface area contributed by atoms with Crippen LogP contribution in [0, 0.1) is 12.7 Å². The number of halogens is 1. The minimum absolute atomic E-state index is 0.0694. The highest BCUT2D eigenvalue weighted by atomic mass is 19.1. The van der Waals surface area contributed by atoms with E-state index in [-0.39, 0.29) is 24.2 Å². The Morgan fingerprint density at radius 2 is 1.84 bits per heavy atom. The Labute approximate surface area is 146 Å². The maximum atomic E-state index is 13.3. The summed E-state index contributed by atoms with van der Waals surface area (Å²) >= 11 is 0. The van der Waals surface area contributed by atoms with Crippen molar-refractivity contribution in [2.24, 2.45) is 5.73 Å². The van der Waals surface area contributed by atoms with Crippen LogP contribution in [0.5, 0.6) is 0 Å². The number of amides is 1. The Bertz CT molecular complexity index is 792. The number of carbonyl (C=O) groups is 2. The van der Waals surface area contributed by atoms with Crippen LogP contribution in [0.3, 0.4) is 0 Å². The summed E-state index contributed by atoms with van der Waals surface area (Å²) in [7, 11) is 1.34. The molecule has 6 heteroatoms. The molecule has 0 bridgehead atoms. The van der Waals surface area contributed by atoms with Gasteiger partial charge in [-0.15, -0.1) is 0 Å². The van der Waals surface area contributed by atoms with E-state index >= 15 is 0 Å². The van der Waals surface area contributed by atoms with Gasteiger partial charge in [-0.05, 0) is 44.9 Å². The number of carbonyl (C=O) groups excluding carboxylic acids is 2. The Morgan fingerprint density at radius 1 is 1.24 bits per heavy atom. The molecule has 1 aromatic heterocycles. The Balaban J connectivity index is 2.71. The average molecular weight is 346 g/mol. The van der Waals surface area contributed by atoms with Gasteiger partial charge in [0.15, 0.2) is 0 Å². The molecule has 134 valence electrons. The van der Waals surface area contributed by atoms with Crippen molar-refractivity contribution in [1.82, 2.24) is 4.57 Å². The number of hydrogen-bond donors (Lipinski definition) is 1. The molecule has 0 radical (unpaired) electrons. The number of benzene rings is 1. The SMILES string of the molecule is COC(=O)CCc1c(-c2ccc(F)cc2)c(C(N)=O)c(C)n1C(C)C. The summed E-state index contributed by atoms with van der Waals surface area (Å²) in [5, 5.41) is 0. The van der Waals surface area contributed by atoms with Crippen LogP contribution >= 0.6 is 0 Å². The average Bonchev–Trinajstić information content (AvgIpc) is 2.85. The molecule has 1 heterocycles. The van der Waals surface area contributed by atoms with Gasteiger partial charge in [-0.3, -0.25) is 9.59 Å². The van der Waals surface area contributed by atoms with Gasteiger partial charge in [0.25, 0.3) is 5.91 Å². The highest BCUT2D eigenvalue weighted by Crippen LogP contribution is 2.35. The summed E-state index contributed by atoms with van der Waals surface area (Å²) < 4.78 is 20.0. The summed E-state index contributed by atoms with van der Waals surface area (Å²) in [4.78, 5) is 23.7. The molecule has 0 saturated carbocycles. The molecule has 0 aliphatic heterocycles. The molecule has 0 unspecified atom stereocenters. The van der Waals surface area contributed by atoms with Gasteiger partial charge in [-0.2, -0.15) is 0 Å². The van der Waals surface area contributed by atoms with Gasteiger partial charge in [-0.25, -0.2) is 4.39 Å². The summed E-state index contributed by atoms with van der Waals surface area (Å²) in [6.45, 7) is 5.82. The van der Waals surface area contributed by atoms with Crippen LogP contribution < -0.4 is 5.73 Å². The molecule has 1 amide bonds. The standard InChI is InChI=1S/C19H23FN2O3/c1-11(2)22-12(3)17(19(21)24)18(13-5-7-14(20)8-6-13)15(22)9-10-16(23)25-4/h5-8,11H,9-10H2,1-4H3,(H2,21,24). The van der Waals surface area contributed by atoms with Crippen LogP contribution in [0.25, 0.3) is 11.1 Å². The van der Waals surface area contributed by atoms with Gasteiger partial charge in [0.2, 0.25) is 0 Å². The molecule has 0 saturated heterocycles. The fourth-order valence-electron chi connectivity index (χ4n) is 3.26. The Hall–Kier alpha value is -2.63. The van der Waals surface area contributed by atoms with E-state index in [4.69, 9.17) is 10.5 Å². The third kappa shape index (κ3) is 3.73. The lowest BCUT2D eigenvalue weighted by atomic mass is 9.98. The zero-order valence-corrected chi connectivity index (χ0v) is 14.9. The van der Waals surface area contributed by atoms with E-state index in [1.165, 1.54) is 19.2 Å². The summed E-state index contributed by atoms with van der Waals surface area (Å²) in [5.41, 5.74) is 8.94. The first kappa shape index (κ1) is 18.7.